The molecule has 2 aromatic heterocycles. The van der Waals surface area contributed by atoms with E-state index < -0.39 is 0 Å². The van der Waals surface area contributed by atoms with E-state index in [1.165, 1.54) is 0 Å². The molecule has 178 valence electrons. The molecule has 0 amide bonds. The molecule has 8 nitrogen and oxygen atoms in total. The number of nitrogens with zero attached hydrogens (tertiary/aromatic N) is 5. The number of aliphatic imine (C=N–C) groups is 1. The van der Waals surface area contributed by atoms with Crippen LogP contribution in [0.15, 0.2) is 53.8 Å². The van der Waals surface area contributed by atoms with Crippen molar-refractivity contribution in [3.8, 4) is 11.5 Å². The first-order valence-corrected chi connectivity index (χ1v) is 11.0. The van der Waals surface area contributed by atoms with Crippen LogP contribution in [0.5, 0.6) is 11.5 Å². The van der Waals surface area contributed by atoms with Crippen LogP contribution in [-0.2, 0) is 13.0 Å². The Morgan fingerprint density at radius 3 is 2.61 bits per heavy atom. The predicted molar refractivity (Wildman–Crippen MR) is 142 cm³/mol. The molecular formula is C24H33IN6O2. The molecule has 1 aliphatic heterocycles. The summed E-state index contributed by atoms with van der Waals surface area (Å²) in [5.74, 6) is 2.71. The number of pyridine rings is 1. The maximum Gasteiger partial charge on any atom is 0.193 e. The molecule has 1 aromatic carbocycles. The fourth-order valence-corrected chi connectivity index (χ4v) is 4.11. The molecule has 33 heavy (non-hydrogen) atoms. The molecule has 1 saturated heterocycles. The smallest absolute Gasteiger partial charge is 0.193 e. The zero-order valence-corrected chi connectivity index (χ0v) is 21.9. The molecule has 9 heteroatoms. The van der Waals surface area contributed by atoms with Crippen LogP contribution < -0.4 is 14.8 Å². The number of ether oxygens (including phenoxy) is 2. The summed E-state index contributed by atoms with van der Waals surface area (Å²) in [4.78, 5) is 13.9. The number of hydrogen-bond donors (Lipinski definition) is 1. The van der Waals surface area contributed by atoms with Crippen LogP contribution >= 0.6 is 24.0 Å². The number of benzene rings is 1. The van der Waals surface area contributed by atoms with Crippen LogP contribution in [0.3, 0.4) is 0 Å². The molecule has 1 aliphatic rings. The molecule has 1 N–H and O–H groups in total. The van der Waals surface area contributed by atoms with Gasteiger partial charge in [0.1, 0.15) is 17.1 Å². The van der Waals surface area contributed by atoms with Gasteiger partial charge in [-0.3, -0.25) is 9.89 Å². The lowest BCUT2D eigenvalue weighted by atomic mass is 10.1. The van der Waals surface area contributed by atoms with E-state index in [0.717, 1.165) is 80.1 Å². The number of imidazole rings is 1. The first-order valence-electron chi connectivity index (χ1n) is 11.0. The van der Waals surface area contributed by atoms with Gasteiger partial charge in [-0.05, 0) is 30.3 Å². The Hall–Kier alpha value is -2.53. The highest BCUT2D eigenvalue weighted by Gasteiger charge is 2.20. The van der Waals surface area contributed by atoms with E-state index in [0.29, 0.717) is 0 Å². The Bertz CT molecular complexity index is 1030. The molecule has 0 saturated carbocycles. The van der Waals surface area contributed by atoms with E-state index in [2.05, 4.69) is 41.8 Å². The normalized spacial score (nSPS) is 14.8. The number of fused-ring (bicyclic) bond motifs is 1. The van der Waals surface area contributed by atoms with Crippen LogP contribution in [0.25, 0.3) is 5.65 Å². The third kappa shape index (κ3) is 6.29. The van der Waals surface area contributed by atoms with Gasteiger partial charge in [-0.25, -0.2) is 4.98 Å². The van der Waals surface area contributed by atoms with Crippen molar-refractivity contribution >= 4 is 35.6 Å². The molecule has 0 aliphatic carbocycles. The maximum absolute atomic E-state index is 5.53. The average Bonchev–Trinajstić information content (AvgIpc) is 3.25. The number of halogens is 1. The van der Waals surface area contributed by atoms with E-state index in [-0.39, 0.29) is 24.0 Å². The number of rotatable bonds is 7. The highest BCUT2D eigenvalue weighted by atomic mass is 127. The van der Waals surface area contributed by atoms with Crippen molar-refractivity contribution in [3.05, 3.63) is 60.0 Å². The van der Waals surface area contributed by atoms with Crippen molar-refractivity contribution in [1.82, 2.24) is 24.5 Å². The molecule has 4 rings (SSSR count). The van der Waals surface area contributed by atoms with E-state index in [4.69, 9.17) is 9.47 Å². The van der Waals surface area contributed by atoms with Gasteiger partial charge in [-0.2, -0.15) is 0 Å². The van der Waals surface area contributed by atoms with Gasteiger partial charge in [-0.1, -0.05) is 6.07 Å². The largest absolute Gasteiger partial charge is 0.497 e. The molecule has 0 radical (unpaired) electrons. The minimum Gasteiger partial charge on any atom is -0.497 e. The Balaban J connectivity index is 0.00000306. The second-order valence-corrected chi connectivity index (χ2v) is 7.86. The molecule has 0 atom stereocenters. The van der Waals surface area contributed by atoms with Gasteiger partial charge < -0.3 is 24.1 Å². The van der Waals surface area contributed by atoms with Crippen molar-refractivity contribution < 1.29 is 9.47 Å². The maximum atomic E-state index is 5.53. The predicted octanol–water partition coefficient (Wildman–Crippen LogP) is 2.91. The van der Waals surface area contributed by atoms with Crippen LogP contribution in [0.2, 0.25) is 0 Å². The van der Waals surface area contributed by atoms with Crippen molar-refractivity contribution in [1.29, 1.82) is 0 Å². The first-order chi connectivity index (χ1) is 15.7. The zero-order valence-electron chi connectivity index (χ0n) is 19.5. The SMILES string of the molecule is CN=C(NCCc1cn2ccccc2n1)N1CCN(Cc2cc(OC)ccc2OC)CC1.I. The third-order valence-electron chi connectivity index (χ3n) is 5.84. The summed E-state index contributed by atoms with van der Waals surface area (Å²) >= 11 is 0. The van der Waals surface area contributed by atoms with Gasteiger partial charge >= 0.3 is 0 Å². The third-order valence-corrected chi connectivity index (χ3v) is 5.84. The molecule has 0 bridgehead atoms. The molecule has 3 heterocycles. The van der Waals surface area contributed by atoms with E-state index in [9.17, 15) is 0 Å². The minimum atomic E-state index is 0. The number of nitrogens with one attached hydrogen (secondary N) is 1. The van der Waals surface area contributed by atoms with Gasteiger partial charge in [0.2, 0.25) is 0 Å². The lowest BCUT2D eigenvalue weighted by Crippen LogP contribution is -2.52. The lowest BCUT2D eigenvalue weighted by Gasteiger charge is -2.36. The van der Waals surface area contributed by atoms with Gasteiger partial charge in [-0.15, -0.1) is 24.0 Å². The second kappa shape index (κ2) is 12.1. The van der Waals surface area contributed by atoms with Crippen LogP contribution in [-0.4, -0.2) is 79.1 Å². The number of hydrogen-bond acceptors (Lipinski definition) is 5. The molecule has 0 spiro atoms. The first kappa shape index (κ1) is 25.1. The van der Waals surface area contributed by atoms with Gasteiger partial charge in [0.05, 0.1) is 19.9 Å². The topological polar surface area (TPSA) is 66.6 Å². The van der Waals surface area contributed by atoms with E-state index in [1.807, 2.05) is 43.6 Å². The number of aromatic nitrogens is 2. The van der Waals surface area contributed by atoms with Gasteiger partial charge in [0.15, 0.2) is 5.96 Å². The number of guanidine groups is 1. The summed E-state index contributed by atoms with van der Waals surface area (Å²) in [6, 6.07) is 12.0. The Morgan fingerprint density at radius 2 is 1.91 bits per heavy atom. The fraction of sp³-hybridized carbons (Fsp3) is 0.417. The minimum absolute atomic E-state index is 0. The summed E-state index contributed by atoms with van der Waals surface area (Å²) in [5, 5.41) is 3.50. The Morgan fingerprint density at radius 1 is 1.09 bits per heavy atom. The zero-order chi connectivity index (χ0) is 22.3. The van der Waals surface area contributed by atoms with E-state index >= 15 is 0 Å². The monoisotopic (exact) mass is 564 g/mol. The molecule has 0 unspecified atom stereocenters. The summed E-state index contributed by atoms with van der Waals surface area (Å²) in [6.45, 7) is 5.44. The van der Waals surface area contributed by atoms with Crippen LogP contribution in [0, 0.1) is 0 Å². The average molecular weight is 564 g/mol. The van der Waals surface area contributed by atoms with Gasteiger partial charge in [0.25, 0.3) is 0 Å². The van der Waals surface area contributed by atoms with Crippen LogP contribution in [0.4, 0.5) is 0 Å². The molecule has 1 fully saturated rings. The highest BCUT2D eigenvalue weighted by molar-refractivity contribution is 14.0. The van der Waals surface area contributed by atoms with Crippen molar-refractivity contribution in [2.45, 2.75) is 13.0 Å². The summed E-state index contributed by atoms with van der Waals surface area (Å²) in [5.41, 5.74) is 3.21. The second-order valence-electron chi connectivity index (χ2n) is 7.86. The summed E-state index contributed by atoms with van der Waals surface area (Å²) in [6.07, 6.45) is 4.97. The summed E-state index contributed by atoms with van der Waals surface area (Å²) < 4.78 is 13.0. The Kier molecular flexibility index (Phi) is 9.19. The molecule has 3 aromatic rings. The fourth-order valence-electron chi connectivity index (χ4n) is 4.11. The highest BCUT2D eigenvalue weighted by Crippen LogP contribution is 2.25. The van der Waals surface area contributed by atoms with E-state index in [1.54, 1.807) is 14.2 Å². The standard InChI is InChI=1S/C24H32N6O2.HI/c1-25-24(26-10-9-20-18-30-11-5-4-6-23(30)27-20)29-14-12-28(13-15-29)17-19-16-21(31-2)7-8-22(19)32-3;/h4-8,11,16,18H,9-10,12-15,17H2,1-3H3,(H,25,26);1H. The van der Waals surface area contributed by atoms with Gasteiger partial charge in [0, 0.05) is 70.7 Å². The molecular weight excluding hydrogens is 531 g/mol. The van der Waals surface area contributed by atoms with Crippen molar-refractivity contribution in [2.75, 3.05) is 54.0 Å². The van der Waals surface area contributed by atoms with Crippen molar-refractivity contribution in [3.63, 3.8) is 0 Å². The van der Waals surface area contributed by atoms with Crippen molar-refractivity contribution in [2.24, 2.45) is 4.99 Å². The Labute approximate surface area is 212 Å². The lowest BCUT2D eigenvalue weighted by molar-refractivity contribution is 0.171. The summed E-state index contributed by atoms with van der Waals surface area (Å²) in [7, 11) is 5.25. The number of piperazine rings is 1. The quantitative estimate of drug-likeness (QED) is 0.271. The number of methoxy groups -OCH3 is 2. The van der Waals surface area contributed by atoms with Crippen LogP contribution in [0.1, 0.15) is 11.3 Å².